The smallest absolute Gasteiger partial charge is 0.306 e. The Morgan fingerprint density at radius 1 is 1.44 bits per heavy atom. The van der Waals surface area contributed by atoms with E-state index in [1.807, 2.05) is 30.3 Å². The van der Waals surface area contributed by atoms with E-state index >= 15 is 0 Å². The van der Waals surface area contributed by atoms with Crippen molar-refractivity contribution >= 4 is 11.8 Å². The standard InChI is InChI=1S/C12H14N4O2/c1-9(17)14-12-11(7-13)16(15-18-12)8-10-5-3-2-4-6-10/h2-6H,7-8,13H2,1H3/p+1. The fraction of sp³-hybridized carbons (Fsp3) is 0.250. The largest absolute Gasteiger partial charge is 0.321 e. The number of aromatic nitrogens is 2. The van der Waals surface area contributed by atoms with Gasteiger partial charge in [0.15, 0.2) is 0 Å². The first-order valence-electron chi connectivity index (χ1n) is 5.61. The molecule has 2 aromatic rings. The molecule has 18 heavy (non-hydrogen) atoms. The van der Waals surface area contributed by atoms with Crippen LogP contribution >= 0.6 is 0 Å². The fourth-order valence-corrected chi connectivity index (χ4v) is 1.64. The van der Waals surface area contributed by atoms with E-state index in [0.29, 0.717) is 18.1 Å². The molecule has 0 aliphatic heterocycles. The first-order chi connectivity index (χ1) is 8.70. The number of hydrogen-bond donors (Lipinski definition) is 2. The van der Waals surface area contributed by atoms with Crippen LogP contribution in [0.1, 0.15) is 18.2 Å². The van der Waals surface area contributed by atoms with Crippen LogP contribution in [0.25, 0.3) is 0 Å². The van der Waals surface area contributed by atoms with Crippen molar-refractivity contribution in [3.8, 4) is 0 Å². The van der Waals surface area contributed by atoms with E-state index in [9.17, 15) is 4.79 Å². The van der Waals surface area contributed by atoms with Gasteiger partial charge in [0, 0.05) is 12.5 Å². The van der Waals surface area contributed by atoms with Gasteiger partial charge in [-0.25, -0.2) is 0 Å². The molecule has 6 nitrogen and oxygen atoms in total. The van der Waals surface area contributed by atoms with Gasteiger partial charge < -0.3 is 5.73 Å². The minimum absolute atomic E-state index is 0.215. The maximum Gasteiger partial charge on any atom is 0.306 e. The minimum Gasteiger partial charge on any atom is -0.321 e. The van der Waals surface area contributed by atoms with E-state index in [-0.39, 0.29) is 12.5 Å². The first kappa shape index (κ1) is 12.3. The maximum atomic E-state index is 11.0. The molecule has 6 heteroatoms. The van der Waals surface area contributed by atoms with Crippen molar-refractivity contribution in [2.45, 2.75) is 20.0 Å². The van der Waals surface area contributed by atoms with Gasteiger partial charge in [-0.3, -0.25) is 14.6 Å². The first-order valence-corrected chi connectivity index (χ1v) is 5.61. The van der Waals surface area contributed by atoms with Crippen molar-refractivity contribution in [2.75, 3.05) is 5.32 Å². The second kappa shape index (κ2) is 5.42. The fourth-order valence-electron chi connectivity index (χ4n) is 1.64. The Kier molecular flexibility index (Phi) is 3.69. The van der Waals surface area contributed by atoms with E-state index in [2.05, 4.69) is 10.6 Å². The third-order valence-electron chi connectivity index (χ3n) is 2.46. The summed E-state index contributed by atoms with van der Waals surface area (Å²) >= 11 is 0. The van der Waals surface area contributed by atoms with Crippen LogP contribution in [0.5, 0.6) is 0 Å². The van der Waals surface area contributed by atoms with Crippen molar-refractivity contribution in [1.29, 1.82) is 0 Å². The van der Waals surface area contributed by atoms with Crippen LogP contribution in [-0.4, -0.2) is 11.2 Å². The van der Waals surface area contributed by atoms with Crippen LogP contribution in [0, 0.1) is 0 Å². The summed E-state index contributed by atoms with van der Waals surface area (Å²) in [5.74, 6) is 0.0913. The van der Waals surface area contributed by atoms with Gasteiger partial charge in [-0.15, -0.1) is 0 Å². The van der Waals surface area contributed by atoms with Gasteiger partial charge in [0.1, 0.15) is 0 Å². The Bertz CT molecular complexity index is 536. The lowest BCUT2D eigenvalue weighted by molar-refractivity contribution is -0.760. The predicted octanol–water partition coefficient (Wildman–Crippen LogP) is 0.427. The SMILES string of the molecule is CC(=O)Nc1on[n+](Cc2ccccc2)c1CN. The second-order valence-corrected chi connectivity index (χ2v) is 3.88. The minimum atomic E-state index is -0.215. The zero-order valence-corrected chi connectivity index (χ0v) is 10.1. The summed E-state index contributed by atoms with van der Waals surface area (Å²) in [6.45, 7) is 2.20. The summed E-state index contributed by atoms with van der Waals surface area (Å²) in [7, 11) is 0. The number of anilines is 1. The molecule has 0 unspecified atom stereocenters. The highest BCUT2D eigenvalue weighted by atomic mass is 16.5. The van der Waals surface area contributed by atoms with E-state index in [1.54, 1.807) is 4.68 Å². The number of nitrogens with zero attached hydrogens (tertiary/aromatic N) is 2. The summed E-state index contributed by atoms with van der Waals surface area (Å²) in [6.07, 6.45) is 0. The average molecular weight is 247 g/mol. The molecule has 0 bridgehead atoms. The van der Waals surface area contributed by atoms with E-state index in [1.165, 1.54) is 6.92 Å². The van der Waals surface area contributed by atoms with Crippen LogP contribution in [0.2, 0.25) is 0 Å². The highest BCUT2D eigenvalue weighted by Gasteiger charge is 2.24. The van der Waals surface area contributed by atoms with Gasteiger partial charge in [0.05, 0.1) is 6.54 Å². The lowest BCUT2D eigenvalue weighted by Crippen LogP contribution is -2.41. The Hall–Kier alpha value is -2.21. The van der Waals surface area contributed by atoms with E-state index in [0.717, 1.165) is 5.56 Å². The number of nitrogens with one attached hydrogen (secondary N) is 1. The molecule has 1 amide bonds. The highest BCUT2D eigenvalue weighted by Crippen LogP contribution is 2.10. The Morgan fingerprint density at radius 2 is 2.17 bits per heavy atom. The van der Waals surface area contributed by atoms with Crippen molar-refractivity contribution in [3.05, 3.63) is 41.6 Å². The van der Waals surface area contributed by atoms with Crippen LogP contribution in [0.4, 0.5) is 5.88 Å². The average Bonchev–Trinajstić information content (AvgIpc) is 2.72. The molecule has 1 aromatic carbocycles. The molecule has 0 radical (unpaired) electrons. The van der Waals surface area contributed by atoms with Crippen molar-refractivity contribution in [2.24, 2.45) is 5.73 Å². The molecular formula is C12H15N4O2+. The molecule has 0 atom stereocenters. The van der Waals surface area contributed by atoms with Crippen molar-refractivity contribution in [3.63, 3.8) is 0 Å². The normalized spacial score (nSPS) is 10.3. The highest BCUT2D eigenvalue weighted by molar-refractivity contribution is 5.87. The lowest BCUT2D eigenvalue weighted by atomic mass is 10.2. The van der Waals surface area contributed by atoms with Gasteiger partial charge in [-0.05, 0) is 4.68 Å². The van der Waals surface area contributed by atoms with Crippen LogP contribution in [0.15, 0.2) is 34.9 Å². The molecule has 0 saturated heterocycles. The number of amides is 1. The van der Waals surface area contributed by atoms with Crippen molar-refractivity contribution < 1.29 is 14.0 Å². The number of carbonyl (C=O) groups is 1. The number of carbonyl (C=O) groups excluding carboxylic acids is 1. The summed E-state index contributed by atoms with van der Waals surface area (Å²) in [4.78, 5) is 11.0. The topological polar surface area (TPSA) is 85.0 Å². The molecule has 94 valence electrons. The van der Waals surface area contributed by atoms with Gasteiger partial charge >= 0.3 is 5.88 Å². The molecule has 0 fully saturated rings. The molecule has 0 saturated carbocycles. The quantitative estimate of drug-likeness (QED) is 0.767. The summed E-state index contributed by atoms with van der Waals surface area (Å²) < 4.78 is 6.71. The number of hydrogen-bond acceptors (Lipinski definition) is 4. The molecule has 2 rings (SSSR count). The van der Waals surface area contributed by atoms with E-state index in [4.69, 9.17) is 10.3 Å². The predicted molar refractivity (Wildman–Crippen MR) is 64.4 cm³/mol. The Morgan fingerprint density at radius 3 is 2.78 bits per heavy atom. The monoisotopic (exact) mass is 247 g/mol. The van der Waals surface area contributed by atoms with Gasteiger partial charge in [0.2, 0.25) is 17.7 Å². The number of benzene rings is 1. The van der Waals surface area contributed by atoms with E-state index < -0.39 is 0 Å². The molecule has 1 heterocycles. The number of rotatable bonds is 4. The molecule has 0 spiro atoms. The molecule has 0 aliphatic carbocycles. The van der Waals surface area contributed by atoms with Gasteiger partial charge in [-0.1, -0.05) is 30.3 Å². The van der Waals surface area contributed by atoms with Crippen LogP contribution in [-0.2, 0) is 17.9 Å². The van der Waals surface area contributed by atoms with Crippen LogP contribution in [0.3, 0.4) is 0 Å². The lowest BCUT2D eigenvalue weighted by Gasteiger charge is -1.95. The summed E-state index contributed by atoms with van der Waals surface area (Å²) in [6, 6.07) is 9.82. The molecule has 1 aromatic heterocycles. The molecule has 0 aliphatic rings. The Balaban J connectivity index is 2.23. The van der Waals surface area contributed by atoms with Gasteiger partial charge in [0.25, 0.3) is 5.69 Å². The zero-order chi connectivity index (χ0) is 13.0. The second-order valence-electron chi connectivity index (χ2n) is 3.88. The third kappa shape index (κ3) is 2.72. The zero-order valence-electron chi connectivity index (χ0n) is 10.1. The molecular weight excluding hydrogens is 232 g/mol. The van der Waals surface area contributed by atoms with Crippen LogP contribution < -0.4 is 15.7 Å². The molecule has 3 N–H and O–H groups in total. The summed E-state index contributed by atoms with van der Waals surface area (Å²) in [5, 5.41) is 6.44. The van der Waals surface area contributed by atoms with Gasteiger partial charge in [-0.2, -0.15) is 0 Å². The Labute approximate surface area is 104 Å². The van der Waals surface area contributed by atoms with Crippen molar-refractivity contribution in [1.82, 2.24) is 5.27 Å². The maximum absolute atomic E-state index is 11.0. The number of nitrogens with two attached hydrogens (primary N) is 1. The third-order valence-corrected chi connectivity index (χ3v) is 2.46. The summed E-state index contributed by atoms with van der Waals surface area (Å²) in [5.41, 5.74) is 7.40.